The van der Waals surface area contributed by atoms with Gasteiger partial charge in [-0.3, -0.25) is 0 Å². The number of alkyl halides is 1. The third-order valence-corrected chi connectivity index (χ3v) is 7.57. The summed E-state index contributed by atoms with van der Waals surface area (Å²) in [6.45, 7) is 0. The van der Waals surface area contributed by atoms with Crippen molar-refractivity contribution in [3.63, 3.8) is 0 Å². The van der Waals surface area contributed by atoms with Crippen LogP contribution in [0.25, 0.3) is 11.1 Å². The molecule has 1 aliphatic heterocycles. The van der Waals surface area contributed by atoms with Gasteiger partial charge < -0.3 is 0 Å². The Morgan fingerprint density at radius 3 is 1.63 bits per heavy atom. The van der Waals surface area contributed by atoms with Gasteiger partial charge in [0.1, 0.15) is 6.17 Å². The molecule has 0 amide bonds. The summed E-state index contributed by atoms with van der Waals surface area (Å²) in [5.41, 5.74) is 8.18. The Hall–Kier alpha value is -4.06. The quantitative estimate of drug-likeness (QED) is 0.193. The van der Waals surface area contributed by atoms with Crippen LogP contribution in [0.3, 0.4) is 0 Å². The predicted octanol–water partition coefficient (Wildman–Crippen LogP) is 8.46. The molecule has 0 saturated carbocycles. The standard InChI is InChI=1S/C33H29BrN4/c1-35-33(32-20-12-11-19-31(32)27-23-21-26(25-34)22-24-27)36(28-13-5-2-6-14-28)38(30-17-9-4-10-18-30)37(35)29-15-7-3-8-16-29/h2-24,33H,25H2,1H3. The van der Waals surface area contributed by atoms with Gasteiger partial charge in [-0.05, 0) is 53.1 Å². The molecule has 0 aromatic heterocycles. The number of para-hydroxylation sites is 3. The summed E-state index contributed by atoms with van der Waals surface area (Å²) in [5, 5.41) is 10.1. The molecule has 0 spiro atoms. The summed E-state index contributed by atoms with van der Waals surface area (Å²) in [6.07, 6.45) is -0.107. The number of halogens is 1. The Morgan fingerprint density at radius 1 is 0.553 bits per heavy atom. The Kier molecular flexibility index (Phi) is 6.86. The molecule has 6 rings (SSSR count). The van der Waals surface area contributed by atoms with Crippen molar-refractivity contribution < 1.29 is 0 Å². The van der Waals surface area contributed by atoms with Gasteiger partial charge in [0.05, 0.1) is 17.1 Å². The smallest absolute Gasteiger partial charge is 0.149 e. The summed E-state index contributed by atoms with van der Waals surface area (Å²) in [5.74, 6) is 0. The maximum atomic E-state index is 3.58. The fraction of sp³-hybridized carbons (Fsp3) is 0.0909. The molecule has 5 aromatic rings. The van der Waals surface area contributed by atoms with Crippen molar-refractivity contribution in [1.82, 2.24) is 5.01 Å². The number of benzene rings is 5. The van der Waals surface area contributed by atoms with E-state index in [0.29, 0.717) is 0 Å². The Bertz CT molecular complexity index is 1480. The van der Waals surface area contributed by atoms with Crippen molar-refractivity contribution in [2.45, 2.75) is 11.5 Å². The third-order valence-electron chi connectivity index (χ3n) is 6.92. The minimum Gasteiger partial charge on any atom is -0.241 e. The lowest BCUT2D eigenvalue weighted by atomic mass is 9.96. The van der Waals surface area contributed by atoms with Crippen LogP contribution in [0.2, 0.25) is 0 Å². The topological polar surface area (TPSA) is 13.0 Å². The first-order valence-electron chi connectivity index (χ1n) is 12.8. The highest BCUT2D eigenvalue weighted by Gasteiger charge is 2.45. The van der Waals surface area contributed by atoms with E-state index in [9.17, 15) is 0 Å². The fourth-order valence-electron chi connectivity index (χ4n) is 5.16. The molecule has 1 fully saturated rings. The summed E-state index contributed by atoms with van der Waals surface area (Å²) >= 11 is 3.58. The lowest BCUT2D eigenvalue weighted by Gasteiger charge is -2.37. The van der Waals surface area contributed by atoms with Gasteiger partial charge in [-0.15, -0.1) is 0 Å². The van der Waals surface area contributed by atoms with Gasteiger partial charge in [-0.2, -0.15) is 15.2 Å². The van der Waals surface area contributed by atoms with Crippen LogP contribution in [0.1, 0.15) is 17.3 Å². The zero-order chi connectivity index (χ0) is 25.9. The maximum absolute atomic E-state index is 3.58. The van der Waals surface area contributed by atoms with Gasteiger partial charge in [0.2, 0.25) is 0 Å². The summed E-state index contributed by atoms with van der Waals surface area (Å²) in [7, 11) is 2.17. The number of nitrogens with zero attached hydrogens (tertiary/aromatic N) is 4. The monoisotopic (exact) mass is 560 g/mol. The molecule has 1 heterocycles. The third kappa shape index (κ3) is 4.44. The Labute approximate surface area is 233 Å². The van der Waals surface area contributed by atoms with Crippen molar-refractivity contribution in [2.24, 2.45) is 0 Å². The van der Waals surface area contributed by atoms with Crippen LogP contribution in [0, 0.1) is 0 Å². The second kappa shape index (κ2) is 10.7. The Morgan fingerprint density at radius 2 is 1.05 bits per heavy atom. The zero-order valence-corrected chi connectivity index (χ0v) is 22.8. The first kappa shape index (κ1) is 24.3. The van der Waals surface area contributed by atoms with Crippen LogP contribution >= 0.6 is 15.9 Å². The number of hydrazine groups is 3. The van der Waals surface area contributed by atoms with Gasteiger partial charge >= 0.3 is 0 Å². The van der Waals surface area contributed by atoms with Crippen molar-refractivity contribution in [3.05, 3.63) is 151 Å². The molecular weight excluding hydrogens is 532 g/mol. The van der Waals surface area contributed by atoms with Crippen molar-refractivity contribution in [2.75, 3.05) is 22.3 Å². The molecule has 4 nitrogen and oxygen atoms in total. The van der Waals surface area contributed by atoms with Crippen LogP contribution < -0.4 is 15.2 Å². The molecule has 1 aliphatic rings. The maximum Gasteiger partial charge on any atom is 0.149 e. The van der Waals surface area contributed by atoms with Gasteiger partial charge in [0.25, 0.3) is 0 Å². The molecule has 1 atom stereocenters. The number of rotatable bonds is 6. The van der Waals surface area contributed by atoms with E-state index in [4.69, 9.17) is 0 Å². The van der Waals surface area contributed by atoms with Crippen LogP contribution in [0.4, 0.5) is 17.1 Å². The van der Waals surface area contributed by atoms with Crippen molar-refractivity contribution in [3.8, 4) is 11.1 Å². The minimum atomic E-state index is -0.107. The number of hydrogen-bond acceptors (Lipinski definition) is 4. The second-order valence-electron chi connectivity index (χ2n) is 9.30. The van der Waals surface area contributed by atoms with E-state index in [-0.39, 0.29) is 6.17 Å². The van der Waals surface area contributed by atoms with Crippen LogP contribution in [-0.2, 0) is 5.33 Å². The van der Waals surface area contributed by atoms with Crippen LogP contribution in [0.15, 0.2) is 140 Å². The molecule has 0 aliphatic carbocycles. The highest BCUT2D eigenvalue weighted by Crippen LogP contribution is 2.45. The highest BCUT2D eigenvalue weighted by atomic mass is 79.9. The molecule has 1 saturated heterocycles. The van der Waals surface area contributed by atoms with E-state index in [0.717, 1.165) is 22.4 Å². The molecule has 1 unspecified atom stereocenters. The summed E-state index contributed by atoms with van der Waals surface area (Å²) in [4.78, 5) is 0. The molecule has 38 heavy (non-hydrogen) atoms. The Balaban J connectivity index is 1.57. The largest absolute Gasteiger partial charge is 0.241 e. The van der Waals surface area contributed by atoms with Gasteiger partial charge in [-0.1, -0.05) is 119 Å². The van der Waals surface area contributed by atoms with E-state index in [1.54, 1.807) is 0 Å². The molecule has 5 aromatic carbocycles. The molecule has 0 bridgehead atoms. The zero-order valence-electron chi connectivity index (χ0n) is 21.2. The van der Waals surface area contributed by atoms with Gasteiger partial charge in [0, 0.05) is 17.9 Å². The SMILES string of the molecule is CN1C(c2ccccc2-c2ccc(CBr)cc2)N(c2ccccc2)N(c2ccccc2)N1c1ccccc1. The molecular formula is C33H29BrN4. The van der Waals surface area contributed by atoms with Gasteiger partial charge in [-0.25, -0.2) is 5.01 Å². The van der Waals surface area contributed by atoms with E-state index < -0.39 is 0 Å². The normalized spacial score (nSPS) is 15.7. The van der Waals surface area contributed by atoms with E-state index in [2.05, 4.69) is 183 Å². The average Bonchev–Trinajstić information content (AvgIpc) is 3.31. The van der Waals surface area contributed by atoms with E-state index in [1.165, 1.54) is 22.3 Å². The summed E-state index contributed by atoms with van der Waals surface area (Å²) in [6, 6.07) is 49.3. The predicted molar refractivity (Wildman–Crippen MR) is 162 cm³/mol. The van der Waals surface area contributed by atoms with Crippen LogP contribution in [0.5, 0.6) is 0 Å². The molecule has 0 radical (unpaired) electrons. The molecule has 5 heteroatoms. The van der Waals surface area contributed by atoms with Crippen LogP contribution in [-0.4, -0.2) is 12.1 Å². The minimum absolute atomic E-state index is 0.107. The lowest BCUT2D eigenvalue weighted by molar-refractivity contribution is 0.291. The number of hydrogen-bond donors (Lipinski definition) is 0. The lowest BCUT2D eigenvalue weighted by Crippen LogP contribution is -2.47. The highest BCUT2D eigenvalue weighted by molar-refractivity contribution is 9.08. The van der Waals surface area contributed by atoms with Gasteiger partial charge in [0.15, 0.2) is 0 Å². The fourth-order valence-corrected chi connectivity index (χ4v) is 5.53. The first-order valence-corrected chi connectivity index (χ1v) is 13.9. The van der Waals surface area contributed by atoms with Crippen molar-refractivity contribution >= 4 is 33.0 Å². The summed E-state index contributed by atoms with van der Waals surface area (Å²) < 4.78 is 0. The first-order chi connectivity index (χ1) is 18.8. The molecule has 0 N–H and O–H groups in total. The van der Waals surface area contributed by atoms with E-state index in [1.807, 2.05) is 0 Å². The van der Waals surface area contributed by atoms with Crippen molar-refractivity contribution in [1.29, 1.82) is 0 Å². The average molecular weight is 562 g/mol. The molecule has 188 valence electrons. The second-order valence-corrected chi connectivity index (χ2v) is 9.86. The number of anilines is 3. The van der Waals surface area contributed by atoms with E-state index >= 15 is 0 Å².